The van der Waals surface area contributed by atoms with Crippen LogP contribution in [0.15, 0.2) is 46.9 Å². The Bertz CT molecular complexity index is 682. The molecule has 3 aromatic rings. The predicted molar refractivity (Wildman–Crippen MR) is 75.0 cm³/mol. The van der Waals surface area contributed by atoms with E-state index in [2.05, 4.69) is 4.98 Å². The second-order valence-corrected chi connectivity index (χ2v) is 4.27. The molecule has 0 aliphatic carbocycles. The van der Waals surface area contributed by atoms with Gasteiger partial charge in [0.05, 0.1) is 7.11 Å². The second kappa shape index (κ2) is 5.22. The van der Waals surface area contributed by atoms with Gasteiger partial charge < -0.3 is 19.6 Å². The molecule has 5 nitrogen and oxygen atoms in total. The fourth-order valence-corrected chi connectivity index (χ4v) is 1.92. The molecule has 5 heteroatoms. The largest absolute Gasteiger partial charge is 0.497 e. The summed E-state index contributed by atoms with van der Waals surface area (Å²) in [5, 5.41) is 0. The highest BCUT2D eigenvalue weighted by molar-refractivity contribution is 5.72. The van der Waals surface area contributed by atoms with Gasteiger partial charge >= 0.3 is 6.08 Å². The number of rotatable bonds is 4. The first-order valence-electron chi connectivity index (χ1n) is 6.20. The van der Waals surface area contributed by atoms with Crippen molar-refractivity contribution < 1.29 is 13.9 Å². The summed E-state index contributed by atoms with van der Waals surface area (Å²) in [4.78, 5) is 4.26. The van der Waals surface area contributed by atoms with Gasteiger partial charge in [-0.05, 0) is 29.8 Å². The van der Waals surface area contributed by atoms with Crippen LogP contribution in [0, 0.1) is 0 Å². The van der Waals surface area contributed by atoms with Crippen LogP contribution in [-0.4, -0.2) is 12.1 Å². The van der Waals surface area contributed by atoms with Crippen molar-refractivity contribution in [1.29, 1.82) is 0 Å². The summed E-state index contributed by atoms with van der Waals surface area (Å²) in [7, 11) is 1.60. The second-order valence-electron chi connectivity index (χ2n) is 4.27. The van der Waals surface area contributed by atoms with Crippen LogP contribution in [0.2, 0.25) is 0 Å². The van der Waals surface area contributed by atoms with Crippen molar-refractivity contribution in [1.82, 2.24) is 4.98 Å². The minimum atomic E-state index is 0.197. The van der Waals surface area contributed by atoms with Crippen LogP contribution < -0.4 is 15.2 Å². The van der Waals surface area contributed by atoms with E-state index in [-0.39, 0.29) is 6.08 Å². The lowest BCUT2D eigenvalue weighted by Crippen LogP contribution is -1.97. The topological polar surface area (TPSA) is 70.5 Å². The van der Waals surface area contributed by atoms with Gasteiger partial charge in [0.25, 0.3) is 0 Å². The van der Waals surface area contributed by atoms with E-state index in [1.165, 1.54) is 0 Å². The number of ether oxygens (including phenoxy) is 2. The standard InChI is InChI=1S/C15H14N2O3/c1-18-11-6-10(9-16)7-12(8-11)19-15-17-13-4-2-3-5-14(13)20-15/h2-8H,9,16H2,1H3. The van der Waals surface area contributed by atoms with Crippen LogP contribution in [0.3, 0.4) is 0 Å². The van der Waals surface area contributed by atoms with Gasteiger partial charge in [0.1, 0.15) is 17.0 Å². The van der Waals surface area contributed by atoms with Gasteiger partial charge in [0.2, 0.25) is 0 Å². The zero-order valence-corrected chi connectivity index (χ0v) is 11.0. The highest BCUT2D eigenvalue weighted by atomic mass is 16.6. The van der Waals surface area contributed by atoms with Crippen LogP contribution in [0.4, 0.5) is 0 Å². The number of nitrogens with zero attached hydrogens (tertiary/aromatic N) is 1. The number of hydrogen-bond donors (Lipinski definition) is 1. The summed E-state index contributed by atoms with van der Waals surface area (Å²) in [6, 6.07) is 12.9. The first-order chi connectivity index (χ1) is 9.78. The van der Waals surface area contributed by atoms with Crippen molar-refractivity contribution in [2.45, 2.75) is 6.54 Å². The number of fused-ring (bicyclic) bond motifs is 1. The maximum absolute atomic E-state index is 5.65. The van der Waals surface area contributed by atoms with Gasteiger partial charge in [-0.15, -0.1) is 0 Å². The molecule has 0 aliphatic rings. The average molecular weight is 270 g/mol. The molecule has 0 aliphatic heterocycles. The Balaban J connectivity index is 1.93. The number of benzene rings is 2. The number of nitrogens with two attached hydrogens (primary N) is 1. The van der Waals surface area contributed by atoms with Gasteiger partial charge in [-0.2, -0.15) is 4.98 Å². The highest BCUT2D eigenvalue weighted by Crippen LogP contribution is 2.28. The molecule has 0 saturated carbocycles. The normalized spacial score (nSPS) is 10.7. The van der Waals surface area contributed by atoms with E-state index in [4.69, 9.17) is 19.6 Å². The number of hydrogen-bond acceptors (Lipinski definition) is 5. The van der Waals surface area contributed by atoms with Crippen molar-refractivity contribution in [2.24, 2.45) is 5.73 Å². The molecule has 0 unspecified atom stereocenters. The molecule has 20 heavy (non-hydrogen) atoms. The molecule has 0 bridgehead atoms. The van der Waals surface area contributed by atoms with Crippen LogP contribution in [0.25, 0.3) is 11.1 Å². The third-order valence-corrected chi connectivity index (χ3v) is 2.89. The quantitative estimate of drug-likeness (QED) is 0.788. The summed E-state index contributed by atoms with van der Waals surface area (Å²) in [5.74, 6) is 1.26. The van der Waals surface area contributed by atoms with Crippen LogP contribution in [-0.2, 0) is 6.54 Å². The molecular formula is C15H14N2O3. The fourth-order valence-electron chi connectivity index (χ4n) is 1.92. The Morgan fingerprint density at radius 1 is 1.15 bits per heavy atom. The predicted octanol–water partition coefficient (Wildman–Crippen LogP) is 3.09. The molecule has 3 rings (SSSR count). The Morgan fingerprint density at radius 3 is 2.70 bits per heavy atom. The SMILES string of the molecule is COc1cc(CN)cc(Oc2nc3ccccc3o2)c1. The number of aromatic nitrogens is 1. The molecule has 102 valence electrons. The first-order valence-corrected chi connectivity index (χ1v) is 6.20. The van der Waals surface area contributed by atoms with E-state index in [0.29, 0.717) is 23.6 Å². The lowest BCUT2D eigenvalue weighted by Gasteiger charge is -2.06. The van der Waals surface area contributed by atoms with Crippen LogP contribution >= 0.6 is 0 Å². The van der Waals surface area contributed by atoms with E-state index in [9.17, 15) is 0 Å². The lowest BCUT2D eigenvalue weighted by molar-refractivity contribution is 0.339. The van der Waals surface area contributed by atoms with Crippen LogP contribution in [0.5, 0.6) is 17.6 Å². The summed E-state index contributed by atoms with van der Waals surface area (Å²) in [6.45, 7) is 0.404. The Kier molecular flexibility index (Phi) is 3.26. The molecule has 0 amide bonds. The van der Waals surface area contributed by atoms with Gasteiger partial charge in [-0.3, -0.25) is 0 Å². The van der Waals surface area contributed by atoms with Gasteiger partial charge in [0.15, 0.2) is 5.58 Å². The smallest absolute Gasteiger partial charge is 0.400 e. The first kappa shape index (κ1) is 12.5. The van der Waals surface area contributed by atoms with Crippen molar-refractivity contribution in [3.8, 4) is 17.6 Å². The maximum Gasteiger partial charge on any atom is 0.400 e. The molecular weight excluding hydrogens is 256 g/mol. The van der Waals surface area contributed by atoms with Gasteiger partial charge in [-0.25, -0.2) is 0 Å². The van der Waals surface area contributed by atoms with E-state index in [1.54, 1.807) is 13.2 Å². The zero-order valence-electron chi connectivity index (χ0n) is 11.0. The van der Waals surface area contributed by atoms with Crippen molar-refractivity contribution in [3.05, 3.63) is 48.0 Å². The molecule has 1 heterocycles. The summed E-state index contributed by atoms with van der Waals surface area (Å²) < 4.78 is 16.4. The fraction of sp³-hybridized carbons (Fsp3) is 0.133. The molecule has 0 fully saturated rings. The molecule has 1 aromatic heterocycles. The summed E-state index contributed by atoms with van der Waals surface area (Å²) in [6.07, 6.45) is 0.197. The average Bonchev–Trinajstić information content (AvgIpc) is 2.88. The molecule has 0 spiro atoms. The minimum Gasteiger partial charge on any atom is -0.497 e. The van der Waals surface area contributed by atoms with Crippen molar-refractivity contribution in [2.75, 3.05) is 7.11 Å². The van der Waals surface area contributed by atoms with E-state index in [0.717, 1.165) is 11.1 Å². The van der Waals surface area contributed by atoms with Crippen molar-refractivity contribution in [3.63, 3.8) is 0 Å². The molecule has 0 radical (unpaired) electrons. The third-order valence-electron chi connectivity index (χ3n) is 2.89. The van der Waals surface area contributed by atoms with E-state index in [1.807, 2.05) is 36.4 Å². The van der Waals surface area contributed by atoms with Crippen LogP contribution in [0.1, 0.15) is 5.56 Å². The van der Waals surface area contributed by atoms with Gasteiger partial charge in [-0.1, -0.05) is 12.1 Å². The monoisotopic (exact) mass is 270 g/mol. The van der Waals surface area contributed by atoms with Crippen molar-refractivity contribution >= 4 is 11.1 Å². The highest BCUT2D eigenvalue weighted by Gasteiger charge is 2.09. The number of para-hydroxylation sites is 2. The Morgan fingerprint density at radius 2 is 1.95 bits per heavy atom. The zero-order chi connectivity index (χ0) is 13.9. The molecule has 2 N–H and O–H groups in total. The molecule has 0 saturated heterocycles. The van der Waals surface area contributed by atoms with E-state index < -0.39 is 0 Å². The minimum absolute atomic E-state index is 0.197. The number of oxazole rings is 1. The molecule has 2 aromatic carbocycles. The Labute approximate surface area is 115 Å². The van der Waals surface area contributed by atoms with E-state index >= 15 is 0 Å². The lowest BCUT2D eigenvalue weighted by atomic mass is 10.2. The summed E-state index contributed by atoms with van der Waals surface area (Å²) >= 11 is 0. The Hall–Kier alpha value is -2.53. The molecule has 0 atom stereocenters. The maximum atomic E-state index is 5.65. The number of methoxy groups -OCH3 is 1. The summed E-state index contributed by atoms with van der Waals surface area (Å²) in [5.41, 5.74) is 8.00. The van der Waals surface area contributed by atoms with Gasteiger partial charge in [0, 0.05) is 12.6 Å². The third kappa shape index (κ3) is 2.44.